The molecule has 2 aromatic rings. The third-order valence-corrected chi connectivity index (χ3v) is 3.37. The fourth-order valence-corrected chi connectivity index (χ4v) is 2.31. The fourth-order valence-electron chi connectivity index (χ4n) is 2.10. The number of amides is 1. The van der Waals surface area contributed by atoms with Crippen LogP contribution in [0, 0.1) is 6.92 Å². The molecule has 0 spiro atoms. The number of benzene rings is 1. The van der Waals surface area contributed by atoms with Gasteiger partial charge in [-0.1, -0.05) is 28.9 Å². The molecular formula is C16H19ClN2O2. The van der Waals surface area contributed by atoms with E-state index in [9.17, 15) is 4.79 Å². The molecule has 0 radical (unpaired) electrons. The third-order valence-electron chi connectivity index (χ3n) is 3.14. The van der Waals surface area contributed by atoms with Crippen LogP contribution in [0.4, 0.5) is 0 Å². The molecule has 1 amide bonds. The zero-order valence-electron chi connectivity index (χ0n) is 12.1. The van der Waals surface area contributed by atoms with Crippen LogP contribution in [0.3, 0.4) is 0 Å². The van der Waals surface area contributed by atoms with Crippen molar-refractivity contribution in [3.63, 3.8) is 0 Å². The van der Waals surface area contributed by atoms with Crippen molar-refractivity contribution in [2.45, 2.75) is 32.6 Å². The zero-order valence-corrected chi connectivity index (χ0v) is 12.8. The highest BCUT2D eigenvalue weighted by molar-refractivity contribution is 6.30. The topological polar surface area (TPSA) is 55.1 Å². The zero-order chi connectivity index (χ0) is 15.1. The van der Waals surface area contributed by atoms with E-state index < -0.39 is 0 Å². The van der Waals surface area contributed by atoms with Crippen LogP contribution in [0.5, 0.6) is 0 Å². The fraction of sp³-hybridized carbons (Fsp3) is 0.375. The summed E-state index contributed by atoms with van der Waals surface area (Å²) >= 11 is 5.92. The maximum absolute atomic E-state index is 11.7. The summed E-state index contributed by atoms with van der Waals surface area (Å²) in [7, 11) is 0. The van der Waals surface area contributed by atoms with Gasteiger partial charge in [0.05, 0.1) is 5.69 Å². The molecule has 112 valence electrons. The lowest BCUT2D eigenvalue weighted by molar-refractivity contribution is -0.121. The van der Waals surface area contributed by atoms with Gasteiger partial charge >= 0.3 is 0 Å². The van der Waals surface area contributed by atoms with Crippen molar-refractivity contribution in [3.8, 4) is 0 Å². The van der Waals surface area contributed by atoms with Gasteiger partial charge in [-0.15, -0.1) is 0 Å². The summed E-state index contributed by atoms with van der Waals surface area (Å²) in [6.45, 7) is 2.44. The highest BCUT2D eigenvalue weighted by Gasteiger charge is 2.04. The maximum atomic E-state index is 11.7. The number of aromatic nitrogens is 1. The molecular weight excluding hydrogens is 288 g/mol. The average Bonchev–Trinajstić information content (AvgIpc) is 2.84. The van der Waals surface area contributed by atoms with Crippen LogP contribution in [0.2, 0.25) is 5.02 Å². The quantitative estimate of drug-likeness (QED) is 0.853. The molecule has 21 heavy (non-hydrogen) atoms. The molecule has 0 saturated carbocycles. The summed E-state index contributed by atoms with van der Waals surface area (Å²) in [5, 5.41) is 7.51. The Kier molecular flexibility index (Phi) is 5.81. The highest BCUT2D eigenvalue weighted by atomic mass is 35.5. The maximum Gasteiger partial charge on any atom is 0.220 e. The number of aryl methyl sites for hydroxylation is 2. The van der Waals surface area contributed by atoms with Crippen molar-refractivity contribution < 1.29 is 9.32 Å². The molecule has 1 heterocycles. The lowest BCUT2D eigenvalue weighted by atomic mass is 10.1. The van der Waals surface area contributed by atoms with E-state index in [4.69, 9.17) is 16.1 Å². The molecule has 1 N–H and O–H groups in total. The number of hydrogen-bond donors (Lipinski definition) is 1. The normalized spacial score (nSPS) is 10.6. The van der Waals surface area contributed by atoms with Gasteiger partial charge in [-0.2, -0.15) is 0 Å². The highest BCUT2D eigenvalue weighted by Crippen LogP contribution is 2.12. The molecule has 0 saturated heterocycles. The van der Waals surface area contributed by atoms with Gasteiger partial charge in [0.1, 0.15) is 5.76 Å². The van der Waals surface area contributed by atoms with E-state index in [-0.39, 0.29) is 5.91 Å². The number of hydrogen-bond acceptors (Lipinski definition) is 3. The molecule has 0 atom stereocenters. The minimum atomic E-state index is 0.0669. The predicted molar refractivity (Wildman–Crippen MR) is 82.3 cm³/mol. The summed E-state index contributed by atoms with van der Waals surface area (Å²) in [5.74, 6) is 0.857. The van der Waals surface area contributed by atoms with Gasteiger partial charge in [-0.05, 0) is 37.5 Å². The van der Waals surface area contributed by atoms with E-state index in [2.05, 4.69) is 10.5 Å². The molecule has 2 rings (SSSR count). The van der Waals surface area contributed by atoms with Crippen LogP contribution < -0.4 is 5.32 Å². The number of carbonyl (C=O) groups excluding carboxylic acids is 1. The molecule has 0 unspecified atom stereocenters. The van der Waals surface area contributed by atoms with Gasteiger partial charge in [-0.3, -0.25) is 4.79 Å². The van der Waals surface area contributed by atoms with E-state index in [1.54, 1.807) is 0 Å². The Morgan fingerprint density at radius 3 is 2.90 bits per heavy atom. The van der Waals surface area contributed by atoms with E-state index in [1.807, 2.05) is 37.3 Å². The van der Waals surface area contributed by atoms with Gasteiger partial charge in [-0.25, -0.2) is 0 Å². The smallest absolute Gasteiger partial charge is 0.220 e. The minimum Gasteiger partial charge on any atom is -0.361 e. The Balaban J connectivity index is 1.61. The Hall–Kier alpha value is -1.81. The van der Waals surface area contributed by atoms with Gasteiger partial charge < -0.3 is 9.84 Å². The Morgan fingerprint density at radius 2 is 2.19 bits per heavy atom. The number of nitrogens with one attached hydrogen (secondary N) is 1. The molecule has 4 nitrogen and oxygen atoms in total. The Labute approximate surface area is 129 Å². The Bertz CT molecular complexity index is 595. The lowest BCUT2D eigenvalue weighted by Crippen LogP contribution is -2.25. The standard InChI is InChI=1S/C16H19ClN2O2/c1-12-10-15(19-21-12)8-9-18-16(20)7-3-5-13-4-2-6-14(17)11-13/h2,4,6,10-11H,3,5,7-9H2,1H3,(H,18,20). The van der Waals surface area contributed by atoms with Crippen molar-refractivity contribution in [1.82, 2.24) is 10.5 Å². The average molecular weight is 307 g/mol. The second-order valence-electron chi connectivity index (χ2n) is 5.01. The third kappa shape index (κ3) is 5.60. The van der Waals surface area contributed by atoms with Crippen LogP contribution in [0.15, 0.2) is 34.9 Å². The van der Waals surface area contributed by atoms with E-state index in [1.165, 1.54) is 0 Å². The summed E-state index contributed by atoms with van der Waals surface area (Å²) in [4.78, 5) is 11.7. The van der Waals surface area contributed by atoms with Crippen LogP contribution in [-0.4, -0.2) is 17.6 Å². The van der Waals surface area contributed by atoms with Gasteiger partial charge in [0.25, 0.3) is 0 Å². The number of nitrogens with zero attached hydrogens (tertiary/aromatic N) is 1. The Morgan fingerprint density at radius 1 is 1.33 bits per heavy atom. The number of halogens is 1. The van der Waals surface area contributed by atoms with Crippen molar-refractivity contribution in [1.29, 1.82) is 0 Å². The van der Waals surface area contributed by atoms with Gasteiger partial charge in [0.15, 0.2) is 0 Å². The summed E-state index contributed by atoms with van der Waals surface area (Å²) in [6, 6.07) is 9.62. The first-order valence-corrected chi connectivity index (χ1v) is 7.44. The summed E-state index contributed by atoms with van der Waals surface area (Å²) < 4.78 is 4.97. The molecule has 0 aliphatic rings. The molecule has 0 bridgehead atoms. The van der Waals surface area contributed by atoms with Crippen molar-refractivity contribution in [2.24, 2.45) is 0 Å². The van der Waals surface area contributed by atoms with E-state index >= 15 is 0 Å². The number of rotatable bonds is 7. The molecule has 0 fully saturated rings. The van der Waals surface area contributed by atoms with Crippen molar-refractivity contribution in [2.75, 3.05) is 6.54 Å². The van der Waals surface area contributed by atoms with E-state index in [0.29, 0.717) is 19.4 Å². The van der Waals surface area contributed by atoms with Gasteiger partial charge in [0, 0.05) is 30.5 Å². The van der Waals surface area contributed by atoms with Crippen molar-refractivity contribution >= 4 is 17.5 Å². The first kappa shape index (κ1) is 15.6. The largest absolute Gasteiger partial charge is 0.361 e. The van der Waals surface area contributed by atoms with E-state index in [0.717, 1.165) is 34.9 Å². The SMILES string of the molecule is Cc1cc(CCNC(=O)CCCc2cccc(Cl)c2)no1. The second-order valence-corrected chi connectivity index (χ2v) is 5.45. The molecule has 0 aliphatic carbocycles. The number of carbonyl (C=O) groups is 1. The van der Waals surface area contributed by atoms with Gasteiger partial charge in [0.2, 0.25) is 5.91 Å². The molecule has 1 aromatic heterocycles. The second kappa shape index (κ2) is 7.84. The van der Waals surface area contributed by atoms with Crippen molar-refractivity contribution in [3.05, 3.63) is 52.4 Å². The first-order valence-electron chi connectivity index (χ1n) is 7.07. The first-order chi connectivity index (χ1) is 10.1. The predicted octanol–water partition coefficient (Wildman–Crippen LogP) is 3.32. The van der Waals surface area contributed by atoms with Crippen LogP contribution in [0.1, 0.15) is 29.9 Å². The summed E-state index contributed by atoms with van der Waals surface area (Å²) in [6.07, 6.45) is 2.88. The van der Waals surface area contributed by atoms with Crippen LogP contribution in [-0.2, 0) is 17.6 Å². The summed E-state index contributed by atoms with van der Waals surface area (Å²) in [5.41, 5.74) is 2.03. The van der Waals surface area contributed by atoms with Crippen LogP contribution in [0.25, 0.3) is 0 Å². The van der Waals surface area contributed by atoms with Crippen LogP contribution >= 0.6 is 11.6 Å². The lowest BCUT2D eigenvalue weighted by Gasteiger charge is -2.04. The molecule has 5 heteroatoms. The molecule has 0 aliphatic heterocycles. The monoisotopic (exact) mass is 306 g/mol. The minimum absolute atomic E-state index is 0.0669. The molecule has 1 aromatic carbocycles.